The van der Waals surface area contributed by atoms with Crippen molar-refractivity contribution in [3.05, 3.63) is 18.3 Å². The number of ether oxygens (including phenoxy) is 1. The van der Waals surface area contributed by atoms with E-state index in [0.717, 1.165) is 0 Å². The SMILES string of the molecule is FC(F)Oc1ccc(N2CCN(CC(F)(F)F)CC2)nc1. The summed E-state index contributed by atoms with van der Waals surface area (Å²) in [6, 6.07) is 2.87. The van der Waals surface area contributed by atoms with Crippen LogP contribution in [0.15, 0.2) is 18.3 Å². The lowest BCUT2D eigenvalue weighted by atomic mass is 10.3. The number of halogens is 5. The van der Waals surface area contributed by atoms with Gasteiger partial charge in [0.25, 0.3) is 0 Å². The van der Waals surface area contributed by atoms with Gasteiger partial charge >= 0.3 is 12.8 Å². The number of pyridine rings is 1. The van der Waals surface area contributed by atoms with Crippen LogP contribution in [0.25, 0.3) is 0 Å². The lowest BCUT2D eigenvalue weighted by Crippen LogP contribution is -2.49. The number of piperazine rings is 1. The van der Waals surface area contributed by atoms with Crippen LogP contribution in [-0.2, 0) is 0 Å². The van der Waals surface area contributed by atoms with Gasteiger partial charge in [-0.15, -0.1) is 0 Å². The first-order valence-corrected chi connectivity index (χ1v) is 6.28. The maximum absolute atomic E-state index is 12.3. The largest absolute Gasteiger partial charge is 0.433 e. The van der Waals surface area contributed by atoms with Crippen molar-refractivity contribution < 1.29 is 26.7 Å². The quantitative estimate of drug-likeness (QED) is 0.798. The van der Waals surface area contributed by atoms with Gasteiger partial charge in [0, 0.05) is 26.2 Å². The van der Waals surface area contributed by atoms with Gasteiger partial charge in [0.15, 0.2) is 0 Å². The third-order valence-corrected chi connectivity index (χ3v) is 3.05. The van der Waals surface area contributed by atoms with Crippen molar-refractivity contribution in [2.45, 2.75) is 12.8 Å². The van der Waals surface area contributed by atoms with E-state index in [-0.39, 0.29) is 18.8 Å². The molecule has 1 aromatic rings. The Labute approximate surface area is 118 Å². The molecule has 0 spiro atoms. The third-order valence-electron chi connectivity index (χ3n) is 3.05. The number of hydrogen-bond donors (Lipinski definition) is 0. The summed E-state index contributed by atoms with van der Waals surface area (Å²) in [6.45, 7) is -2.48. The molecule has 0 N–H and O–H groups in total. The molecular weight excluding hydrogens is 297 g/mol. The van der Waals surface area contributed by atoms with Crippen molar-refractivity contribution in [2.75, 3.05) is 37.6 Å². The van der Waals surface area contributed by atoms with Crippen LogP contribution < -0.4 is 9.64 Å². The van der Waals surface area contributed by atoms with Crippen LogP contribution in [-0.4, -0.2) is 55.4 Å². The van der Waals surface area contributed by atoms with Gasteiger partial charge in [0.05, 0.1) is 12.7 Å². The minimum atomic E-state index is -4.20. The fourth-order valence-electron chi connectivity index (χ4n) is 2.12. The van der Waals surface area contributed by atoms with Gasteiger partial charge in [-0.3, -0.25) is 4.90 Å². The Bertz CT molecular complexity index is 443. The predicted octanol–water partition coefficient (Wildman–Crippen LogP) is 2.37. The molecule has 0 atom stereocenters. The zero-order chi connectivity index (χ0) is 15.5. The van der Waals surface area contributed by atoms with Gasteiger partial charge in [0.2, 0.25) is 0 Å². The molecule has 1 aromatic heterocycles. The standard InChI is InChI=1S/C12H14F5N3O/c13-11(14)21-9-1-2-10(18-7-9)20-5-3-19(4-6-20)8-12(15,16)17/h1-2,7,11H,3-6,8H2. The number of rotatable bonds is 4. The molecule has 0 amide bonds. The molecule has 0 aromatic carbocycles. The van der Waals surface area contributed by atoms with E-state index in [1.165, 1.54) is 23.2 Å². The summed E-state index contributed by atoms with van der Waals surface area (Å²) < 4.78 is 65.0. The van der Waals surface area contributed by atoms with Crippen LogP contribution in [0.3, 0.4) is 0 Å². The first-order valence-electron chi connectivity index (χ1n) is 6.28. The van der Waals surface area contributed by atoms with Crippen molar-refractivity contribution in [1.29, 1.82) is 0 Å². The lowest BCUT2D eigenvalue weighted by molar-refractivity contribution is -0.146. The minimum Gasteiger partial charge on any atom is -0.433 e. The second kappa shape index (κ2) is 6.42. The van der Waals surface area contributed by atoms with E-state index in [2.05, 4.69) is 9.72 Å². The average molecular weight is 311 g/mol. The van der Waals surface area contributed by atoms with Crippen molar-refractivity contribution in [3.63, 3.8) is 0 Å². The summed E-state index contributed by atoms with van der Waals surface area (Å²) in [5.74, 6) is 0.479. The van der Waals surface area contributed by atoms with Crippen molar-refractivity contribution in [2.24, 2.45) is 0 Å². The van der Waals surface area contributed by atoms with Crippen molar-refractivity contribution >= 4 is 5.82 Å². The Morgan fingerprint density at radius 1 is 1.14 bits per heavy atom. The molecule has 21 heavy (non-hydrogen) atoms. The number of alkyl halides is 5. The smallest absolute Gasteiger partial charge is 0.401 e. The van der Waals surface area contributed by atoms with E-state index in [4.69, 9.17) is 0 Å². The fourth-order valence-corrected chi connectivity index (χ4v) is 2.12. The second-order valence-corrected chi connectivity index (χ2v) is 4.61. The number of anilines is 1. The highest BCUT2D eigenvalue weighted by molar-refractivity contribution is 5.41. The Morgan fingerprint density at radius 3 is 2.29 bits per heavy atom. The van der Waals surface area contributed by atoms with Gasteiger partial charge in [-0.2, -0.15) is 22.0 Å². The molecule has 9 heteroatoms. The molecular formula is C12H14F5N3O. The van der Waals surface area contributed by atoms with Crippen LogP contribution in [0.5, 0.6) is 5.75 Å². The summed E-state index contributed by atoms with van der Waals surface area (Å²) in [7, 11) is 0. The zero-order valence-electron chi connectivity index (χ0n) is 11.0. The molecule has 1 fully saturated rings. The van der Waals surface area contributed by atoms with Crippen LogP contribution in [0.4, 0.5) is 27.8 Å². The zero-order valence-corrected chi connectivity index (χ0v) is 11.0. The van der Waals surface area contributed by atoms with Gasteiger partial charge in [0.1, 0.15) is 11.6 Å². The molecule has 2 rings (SSSR count). The van der Waals surface area contributed by atoms with E-state index in [9.17, 15) is 22.0 Å². The highest BCUT2D eigenvalue weighted by Gasteiger charge is 2.32. The molecule has 0 bridgehead atoms. The molecule has 0 radical (unpaired) electrons. The minimum absolute atomic E-state index is 0.0514. The first-order chi connectivity index (χ1) is 9.83. The van der Waals surface area contributed by atoms with Gasteiger partial charge in [-0.25, -0.2) is 4.98 Å². The first kappa shape index (κ1) is 15.7. The molecule has 0 saturated carbocycles. The topological polar surface area (TPSA) is 28.6 Å². The lowest BCUT2D eigenvalue weighted by Gasteiger charge is -2.35. The summed E-state index contributed by atoms with van der Waals surface area (Å²) >= 11 is 0. The number of nitrogens with zero attached hydrogens (tertiary/aromatic N) is 3. The molecule has 4 nitrogen and oxygen atoms in total. The second-order valence-electron chi connectivity index (χ2n) is 4.61. The highest BCUT2D eigenvalue weighted by Crippen LogP contribution is 2.21. The molecule has 1 saturated heterocycles. The Hall–Kier alpha value is -1.64. The van der Waals surface area contributed by atoms with Crippen LogP contribution in [0.2, 0.25) is 0 Å². The van der Waals surface area contributed by atoms with Crippen LogP contribution in [0, 0.1) is 0 Å². The summed E-state index contributed by atoms with van der Waals surface area (Å²) in [5.41, 5.74) is 0. The van der Waals surface area contributed by atoms with Crippen LogP contribution in [0.1, 0.15) is 0 Å². The summed E-state index contributed by atoms with van der Waals surface area (Å²) in [4.78, 5) is 7.11. The highest BCUT2D eigenvalue weighted by atomic mass is 19.4. The maximum atomic E-state index is 12.3. The molecule has 1 aliphatic rings. The van der Waals surface area contributed by atoms with Crippen molar-refractivity contribution in [3.8, 4) is 5.75 Å². The van der Waals surface area contributed by atoms with E-state index in [1.54, 1.807) is 4.90 Å². The van der Waals surface area contributed by atoms with Crippen molar-refractivity contribution in [1.82, 2.24) is 9.88 Å². The van der Waals surface area contributed by atoms with Gasteiger partial charge in [-0.1, -0.05) is 0 Å². The van der Waals surface area contributed by atoms with Gasteiger partial charge < -0.3 is 9.64 Å². The Kier molecular flexibility index (Phi) is 4.81. The predicted molar refractivity (Wildman–Crippen MR) is 65.6 cm³/mol. The fraction of sp³-hybridized carbons (Fsp3) is 0.583. The molecule has 2 heterocycles. The monoisotopic (exact) mass is 311 g/mol. The molecule has 0 unspecified atom stereocenters. The van der Waals surface area contributed by atoms with Crippen LogP contribution >= 0.6 is 0 Å². The number of hydrogen-bond acceptors (Lipinski definition) is 4. The van der Waals surface area contributed by atoms with E-state index >= 15 is 0 Å². The molecule has 118 valence electrons. The molecule has 1 aliphatic heterocycles. The van der Waals surface area contributed by atoms with Gasteiger partial charge in [-0.05, 0) is 12.1 Å². The van der Waals surface area contributed by atoms with E-state index < -0.39 is 19.3 Å². The number of aromatic nitrogens is 1. The van der Waals surface area contributed by atoms with E-state index in [0.29, 0.717) is 18.9 Å². The Morgan fingerprint density at radius 2 is 1.81 bits per heavy atom. The summed E-state index contributed by atoms with van der Waals surface area (Å²) in [6.07, 6.45) is -3.03. The molecule has 0 aliphatic carbocycles. The third kappa shape index (κ3) is 5.00. The normalized spacial score (nSPS) is 17.3. The average Bonchev–Trinajstić information content (AvgIpc) is 2.38. The maximum Gasteiger partial charge on any atom is 0.401 e. The van der Waals surface area contributed by atoms with E-state index in [1.807, 2.05) is 0 Å². The summed E-state index contributed by atoms with van der Waals surface area (Å²) in [5, 5.41) is 0. The Balaban J connectivity index is 1.87.